The number of hydrogen-bond acceptors (Lipinski definition) is 2. The molecule has 0 aromatic rings. The Labute approximate surface area is 170 Å². The van der Waals surface area contributed by atoms with Crippen molar-refractivity contribution in [2.45, 2.75) is 78.1 Å². The van der Waals surface area contributed by atoms with Crippen molar-refractivity contribution in [2.75, 3.05) is 13.2 Å². The zero-order chi connectivity index (χ0) is 20.5. The van der Waals surface area contributed by atoms with Gasteiger partial charge in [0.05, 0.1) is 13.2 Å². The second-order valence-electron chi connectivity index (χ2n) is 8.57. The van der Waals surface area contributed by atoms with E-state index in [1.807, 2.05) is 0 Å². The summed E-state index contributed by atoms with van der Waals surface area (Å²) in [5.41, 5.74) is 0. The molecule has 2 fully saturated rings. The standard InChI is InChI=1S/C24H38F2O2/c1-5-7-19-8-12-21(13-9-19)22-14-10-20(11-15-22)16-28-18(4)24(26)23(25)17(3)27-6-2/h19-22H,3-16H2,1-2H3/b24-23-. The molecule has 0 amide bonds. The molecule has 160 valence electrons. The largest absolute Gasteiger partial charge is 0.491 e. The average Bonchev–Trinajstić information content (AvgIpc) is 2.72. The molecule has 0 heterocycles. The van der Waals surface area contributed by atoms with Crippen molar-refractivity contribution in [2.24, 2.45) is 23.7 Å². The van der Waals surface area contributed by atoms with Crippen molar-refractivity contribution < 1.29 is 18.3 Å². The molecule has 0 bridgehead atoms. The minimum atomic E-state index is -1.13. The summed E-state index contributed by atoms with van der Waals surface area (Å²) in [5, 5.41) is 0. The van der Waals surface area contributed by atoms with E-state index in [0.29, 0.717) is 12.5 Å². The zero-order valence-corrected chi connectivity index (χ0v) is 17.8. The van der Waals surface area contributed by atoms with Crippen LogP contribution in [0.3, 0.4) is 0 Å². The first-order valence-corrected chi connectivity index (χ1v) is 11.2. The highest BCUT2D eigenvalue weighted by Gasteiger charge is 2.31. The lowest BCUT2D eigenvalue weighted by Crippen LogP contribution is -2.27. The molecule has 0 atom stereocenters. The van der Waals surface area contributed by atoms with Crippen molar-refractivity contribution in [3.8, 4) is 0 Å². The van der Waals surface area contributed by atoms with Crippen LogP contribution in [0.15, 0.2) is 36.3 Å². The molecule has 2 aliphatic rings. The fraction of sp³-hybridized carbons (Fsp3) is 0.750. The maximum atomic E-state index is 14.0. The molecule has 0 aromatic carbocycles. The van der Waals surface area contributed by atoms with E-state index in [-0.39, 0.29) is 18.1 Å². The van der Waals surface area contributed by atoms with Gasteiger partial charge in [0, 0.05) is 0 Å². The summed E-state index contributed by atoms with van der Waals surface area (Å²) >= 11 is 0. The summed E-state index contributed by atoms with van der Waals surface area (Å²) in [7, 11) is 0. The minimum absolute atomic E-state index is 0.233. The summed E-state index contributed by atoms with van der Waals surface area (Å²) in [5.74, 6) is 0.253. The van der Waals surface area contributed by atoms with Crippen LogP contribution in [0, 0.1) is 23.7 Å². The van der Waals surface area contributed by atoms with Crippen LogP contribution in [-0.2, 0) is 9.47 Å². The number of hydrogen-bond donors (Lipinski definition) is 0. The van der Waals surface area contributed by atoms with Gasteiger partial charge in [0.1, 0.15) is 0 Å². The van der Waals surface area contributed by atoms with Gasteiger partial charge < -0.3 is 9.47 Å². The SMILES string of the molecule is C=C(OCC)/C(F)=C(/F)C(=C)OCC1CCC(C2CCC(CCC)CC2)CC1. The second kappa shape index (κ2) is 11.6. The fourth-order valence-corrected chi connectivity index (χ4v) is 4.95. The molecular formula is C24H38F2O2. The van der Waals surface area contributed by atoms with Gasteiger partial charge in [-0.3, -0.25) is 0 Å². The van der Waals surface area contributed by atoms with Gasteiger partial charge in [-0.1, -0.05) is 45.8 Å². The summed E-state index contributed by atoms with van der Waals surface area (Å²) in [6.07, 6.45) is 13.0. The molecule has 0 aliphatic heterocycles. The first kappa shape index (κ1) is 23.0. The number of halogens is 2. The fourth-order valence-electron chi connectivity index (χ4n) is 4.95. The summed E-state index contributed by atoms with van der Waals surface area (Å²) < 4.78 is 38.3. The molecule has 0 N–H and O–H groups in total. The number of ether oxygens (including phenoxy) is 2. The predicted molar refractivity (Wildman–Crippen MR) is 111 cm³/mol. The molecule has 2 aliphatic carbocycles. The van der Waals surface area contributed by atoms with Crippen molar-refractivity contribution in [3.05, 3.63) is 36.3 Å². The summed E-state index contributed by atoms with van der Waals surface area (Å²) in [6, 6.07) is 0. The van der Waals surface area contributed by atoms with E-state index in [1.54, 1.807) is 6.92 Å². The van der Waals surface area contributed by atoms with Crippen molar-refractivity contribution in [1.82, 2.24) is 0 Å². The molecule has 0 radical (unpaired) electrons. The van der Waals surface area contributed by atoms with Crippen LogP contribution in [0.4, 0.5) is 8.78 Å². The maximum absolute atomic E-state index is 14.0. The van der Waals surface area contributed by atoms with Gasteiger partial charge in [0.2, 0.25) is 11.7 Å². The molecule has 2 saturated carbocycles. The molecule has 0 unspecified atom stereocenters. The predicted octanol–water partition coefficient (Wildman–Crippen LogP) is 7.63. The lowest BCUT2D eigenvalue weighted by Gasteiger charge is -2.37. The van der Waals surface area contributed by atoms with Gasteiger partial charge in [-0.25, -0.2) is 0 Å². The van der Waals surface area contributed by atoms with E-state index in [0.717, 1.165) is 30.6 Å². The Bertz CT molecular complexity index is 539. The van der Waals surface area contributed by atoms with Crippen LogP contribution in [0.2, 0.25) is 0 Å². The third-order valence-corrected chi connectivity index (χ3v) is 6.64. The second-order valence-corrected chi connectivity index (χ2v) is 8.57. The highest BCUT2D eigenvalue weighted by Crippen LogP contribution is 2.42. The molecule has 0 saturated heterocycles. The lowest BCUT2D eigenvalue weighted by molar-refractivity contribution is 0.0977. The first-order chi connectivity index (χ1) is 13.5. The van der Waals surface area contributed by atoms with Gasteiger partial charge >= 0.3 is 0 Å². The third kappa shape index (κ3) is 6.63. The van der Waals surface area contributed by atoms with E-state index >= 15 is 0 Å². The van der Waals surface area contributed by atoms with Gasteiger partial charge in [0.15, 0.2) is 11.5 Å². The Morgan fingerprint density at radius 3 is 1.68 bits per heavy atom. The minimum Gasteiger partial charge on any atom is -0.491 e. The van der Waals surface area contributed by atoms with Crippen molar-refractivity contribution in [1.29, 1.82) is 0 Å². The van der Waals surface area contributed by atoms with Gasteiger partial charge in [-0.05, 0) is 69.1 Å². The Morgan fingerprint density at radius 1 is 0.750 bits per heavy atom. The zero-order valence-electron chi connectivity index (χ0n) is 17.8. The number of allylic oxidation sites excluding steroid dienone is 2. The molecule has 28 heavy (non-hydrogen) atoms. The lowest BCUT2D eigenvalue weighted by atomic mass is 9.69. The van der Waals surface area contributed by atoms with Crippen LogP contribution in [0.5, 0.6) is 0 Å². The summed E-state index contributed by atoms with van der Waals surface area (Å²) in [4.78, 5) is 0. The van der Waals surface area contributed by atoms with Crippen LogP contribution < -0.4 is 0 Å². The molecule has 2 nitrogen and oxygen atoms in total. The van der Waals surface area contributed by atoms with E-state index in [1.165, 1.54) is 51.4 Å². The molecule has 0 aromatic heterocycles. The molecular weight excluding hydrogens is 358 g/mol. The first-order valence-electron chi connectivity index (χ1n) is 11.2. The van der Waals surface area contributed by atoms with Crippen LogP contribution >= 0.6 is 0 Å². The topological polar surface area (TPSA) is 18.5 Å². The highest BCUT2D eigenvalue weighted by atomic mass is 19.2. The van der Waals surface area contributed by atoms with Gasteiger partial charge in [0.25, 0.3) is 0 Å². The normalized spacial score (nSPS) is 29.0. The average molecular weight is 397 g/mol. The Kier molecular flexibility index (Phi) is 9.53. The van der Waals surface area contributed by atoms with E-state index in [4.69, 9.17) is 9.47 Å². The van der Waals surface area contributed by atoms with E-state index in [9.17, 15) is 8.78 Å². The van der Waals surface area contributed by atoms with E-state index < -0.39 is 11.7 Å². The molecule has 0 spiro atoms. The molecule has 4 heteroatoms. The number of rotatable bonds is 10. The van der Waals surface area contributed by atoms with Crippen LogP contribution in [0.1, 0.15) is 78.1 Å². The van der Waals surface area contributed by atoms with Gasteiger partial charge in [-0.2, -0.15) is 8.78 Å². The quantitative estimate of drug-likeness (QED) is 0.279. The Morgan fingerprint density at radius 2 is 1.21 bits per heavy atom. The van der Waals surface area contributed by atoms with E-state index in [2.05, 4.69) is 20.1 Å². The highest BCUT2D eigenvalue weighted by molar-refractivity contribution is 5.29. The van der Waals surface area contributed by atoms with Crippen molar-refractivity contribution in [3.63, 3.8) is 0 Å². The monoisotopic (exact) mass is 396 g/mol. The maximum Gasteiger partial charge on any atom is 0.203 e. The van der Waals surface area contributed by atoms with Gasteiger partial charge in [-0.15, -0.1) is 0 Å². The van der Waals surface area contributed by atoms with Crippen LogP contribution in [-0.4, -0.2) is 13.2 Å². The summed E-state index contributed by atoms with van der Waals surface area (Å²) in [6.45, 7) is 11.5. The Hall–Kier alpha value is -1.32. The molecule has 2 rings (SSSR count). The van der Waals surface area contributed by atoms with Crippen molar-refractivity contribution >= 4 is 0 Å². The smallest absolute Gasteiger partial charge is 0.203 e. The third-order valence-electron chi connectivity index (χ3n) is 6.64. The Balaban J connectivity index is 1.71. The van der Waals surface area contributed by atoms with Crippen LogP contribution in [0.25, 0.3) is 0 Å².